The summed E-state index contributed by atoms with van der Waals surface area (Å²) in [6.07, 6.45) is 3.39. The Morgan fingerprint density at radius 3 is 2.71 bits per heavy atom. The van der Waals surface area contributed by atoms with E-state index in [2.05, 4.69) is 31.9 Å². The van der Waals surface area contributed by atoms with Crippen LogP contribution in [0, 0.1) is 0 Å². The molecule has 0 atom stereocenters. The first-order valence-electron chi connectivity index (χ1n) is 5.53. The van der Waals surface area contributed by atoms with Crippen LogP contribution in [0.25, 0.3) is 11.5 Å². The van der Waals surface area contributed by atoms with Gasteiger partial charge in [0.05, 0.1) is 6.20 Å². The molecule has 7 heteroatoms. The highest BCUT2D eigenvalue weighted by Gasteiger charge is 2.18. The van der Waals surface area contributed by atoms with Crippen molar-refractivity contribution in [2.45, 2.75) is 0 Å². The Hall–Kier alpha value is -1.40. The molecule has 3 aliphatic heterocycles. The zero-order chi connectivity index (χ0) is 11.8. The Morgan fingerprint density at radius 2 is 1.94 bits per heavy atom. The largest absolute Gasteiger partial charge is 0.308 e. The molecule has 17 heavy (non-hydrogen) atoms. The summed E-state index contributed by atoms with van der Waals surface area (Å²) in [5, 5.41) is 2.60. The normalized spacial score (nSPS) is 17.9. The molecule has 0 aromatic carbocycles. The Balaban J connectivity index is 1.94. The van der Waals surface area contributed by atoms with E-state index >= 15 is 0 Å². The molecule has 90 valence electrons. The van der Waals surface area contributed by atoms with Gasteiger partial charge >= 0.3 is 0 Å². The number of hydrogen-bond acceptors (Lipinski definition) is 5. The maximum atomic E-state index is 6.16. The van der Waals surface area contributed by atoms with Gasteiger partial charge < -0.3 is 9.91 Å². The molecule has 0 radical (unpaired) electrons. The summed E-state index contributed by atoms with van der Waals surface area (Å²) in [5.74, 6) is 0.598. The lowest BCUT2D eigenvalue weighted by Gasteiger charge is -2.35. The van der Waals surface area contributed by atoms with Crippen LogP contribution in [0.5, 0.6) is 0 Å². The van der Waals surface area contributed by atoms with E-state index in [-0.39, 0.29) is 0 Å². The first kappa shape index (κ1) is 10.7. The van der Waals surface area contributed by atoms with Crippen molar-refractivity contribution in [1.82, 2.24) is 24.5 Å². The van der Waals surface area contributed by atoms with Crippen molar-refractivity contribution < 1.29 is 0 Å². The van der Waals surface area contributed by atoms with Gasteiger partial charge in [-0.25, -0.2) is 14.6 Å². The highest BCUT2D eigenvalue weighted by Crippen LogP contribution is 2.18. The third kappa shape index (κ3) is 1.94. The Morgan fingerprint density at radius 1 is 1.18 bits per heavy atom. The molecule has 0 bridgehead atoms. The first-order chi connectivity index (χ1) is 8.24. The smallest absolute Gasteiger partial charge is 0.223 e. The van der Waals surface area contributed by atoms with Crippen LogP contribution in [0.4, 0.5) is 0 Å². The molecular formula is C10H13ClN6. The number of fused-ring (bicyclic) bond motifs is 1. The summed E-state index contributed by atoms with van der Waals surface area (Å²) in [6, 6.07) is 0. The number of halogens is 1. The summed E-state index contributed by atoms with van der Waals surface area (Å²) in [6.45, 7) is 3.91. The van der Waals surface area contributed by atoms with E-state index in [1.54, 1.807) is 0 Å². The monoisotopic (exact) mass is 252 g/mol. The molecule has 0 aromatic heterocycles. The molecular weight excluding hydrogens is 240 g/mol. The van der Waals surface area contributed by atoms with Crippen molar-refractivity contribution in [3.8, 4) is 11.5 Å². The van der Waals surface area contributed by atoms with E-state index in [0.29, 0.717) is 11.1 Å². The molecule has 6 nitrogen and oxygen atoms in total. The Kier molecular flexibility index (Phi) is 2.60. The average molecular weight is 253 g/mol. The summed E-state index contributed by atoms with van der Waals surface area (Å²) < 4.78 is 1.87. The van der Waals surface area contributed by atoms with Crippen LogP contribution in [0.1, 0.15) is 0 Å². The minimum Gasteiger partial charge on any atom is -0.308 e. The van der Waals surface area contributed by atoms with Gasteiger partial charge in [-0.1, -0.05) is 0 Å². The lowest BCUT2D eigenvalue weighted by atomic mass is 10.4. The fourth-order valence-corrected chi connectivity index (χ4v) is 2.20. The predicted molar refractivity (Wildman–Crippen MR) is 64.9 cm³/mol. The lowest BCUT2D eigenvalue weighted by Crippen LogP contribution is -2.50. The summed E-state index contributed by atoms with van der Waals surface area (Å²) >= 11 is 6.16. The highest BCUT2D eigenvalue weighted by atomic mass is 35.5. The Bertz CT molecular complexity index is 490. The van der Waals surface area contributed by atoms with E-state index in [1.165, 1.54) is 6.33 Å². The van der Waals surface area contributed by atoms with E-state index in [0.717, 1.165) is 31.9 Å². The molecule has 0 saturated carbocycles. The maximum Gasteiger partial charge on any atom is 0.223 e. The highest BCUT2D eigenvalue weighted by molar-refractivity contribution is 6.28. The van der Waals surface area contributed by atoms with Gasteiger partial charge in [-0.3, -0.25) is 0 Å². The van der Waals surface area contributed by atoms with E-state index in [9.17, 15) is 0 Å². The van der Waals surface area contributed by atoms with Crippen LogP contribution in [0.15, 0.2) is 12.5 Å². The fraction of sp³-hybridized carbons (Fsp3) is 0.500. The van der Waals surface area contributed by atoms with Crippen molar-refractivity contribution in [3.63, 3.8) is 0 Å². The van der Waals surface area contributed by atoms with Crippen LogP contribution < -0.4 is 5.01 Å². The van der Waals surface area contributed by atoms with Gasteiger partial charge in [0.15, 0.2) is 5.82 Å². The number of imidazole rings is 1. The average Bonchev–Trinajstić information content (AvgIpc) is 2.76. The molecule has 1 saturated heterocycles. The topological polar surface area (TPSA) is 50.1 Å². The van der Waals surface area contributed by atoms with Crippen LogP contribution in [0.3, 0.4) is 0 Å². The third-order valence-electron chi connectivity index (χ3n) is 3.02. The minimum absolute atomic E-state index is 0.433. The number of hydrogen-bond donors (Lipinski definition) is 0. The van der Waals surface area contributed by atoms with Gasteiger partial charge in [0.25, 0.3) is 0 Å². The van der Waals surface area contributed by atoms with Gasteiger partial charge in [0, 0.05) is 26.2 Å². The quantitative estimate of drug-likeness (QED) is 0.684. The van der Waals surface area contributed by atoms with Crippen molar-refractivity contribution in [2.75, 3.05) is 38.2 Å². The SMILES string of the molecule is CN1CCN(n2cc3ncnc-3nc2Cl)CC1. The van der Waals surface area contributed by atoms with Crippen LogP contribution in [-0.2, 0) is 0 Å². The van der Waals surface area contributed by atoms with Crippen molar-refractivity contribution >= 4 is 11.6 Å². The van der Waals surface area contributed by atoms with Crippen LogP contribution in [0.2, 0.25) is 5.28 Å². The number of likely N-dealkylation sites (N-methyl/N-ethyl adjacent to an activating group) is 1. The molecule has 0 amide bonds. The maximum absolute atomic E-state index is 6.16. The number of aromatic nitrogens is 4. The second-order valence-corrected chi connectivity index (χ2v) is 4.53. The molecule has 0 N–H and O–H groups in total. The predicted octanol–water partition coefficient (Wildman–Crippen LogP) is 0.315. The zero-order valence-corrected chi connectivity index (χ0v) is 10.3. The number of piperazine rings is 1. The van der Waals surface area contributed by atoms with E-state index in [1.807, 2.05) is 10.9 Å². The van der Waals surface area contributed by atoms with Crippen molar-refractivity contribution in [2.24, 2.45) is 0 Å². The molecule has 0 spiro atoms. The zero-order valence-electron chi connectivity index (χ0n) is 9.54. The summed E-state index contributed by atoms with van der Waals surface area (Å²) in [4.78, 5) is 14.7. The van der Waals surface area contributed by atoms with E-state index in [4.69, 9.17) is 11.6 Å². The van der Waals surface area contributed by atoms with E-state index < -0.39 is 0 Å². The molecule has 3 aliphatic rings. The van der Waals surface area contributed by atoms with Gasteiger partial charge in [-0.05, 0) is 18.6 Å². The minimum atomic E-state index is 0.433. The van der Waals surface area contributed by atoms with Gasteiger partial charge in [0.1, 0.15) is 12.0 Å². The number of nitrogens with zero attached hydrogens (tertiary/aromatic N) is 6. The molecule has 0 aromatic rings. The van der Waals surface area contributed by atoms with Crippen LogP contribution >= 0.6 is 11.6 Å². The third-order valence-corrected chi connectivity index (χ3v) is 3.28. The molecule has 3 rings (SSSR count). The summed E-state index contributed by atoms with van der Waals surface area (Å²) in [7, 11) is 2.12. The lowest BCUT2D eigenvalue weighted by molar-refractivity contribution is 0.286. The standard InChI is InChI=1S/C10H13ClN6/c1-15-2-4-16(5-3-15)17-6-8-9(13-7-12-8)14-10(17)11/h6-7H,2-5H2,1H3. The second-order valence-electron chi connectivity index (χ2n) is 4.19. The molecule has 1 fully saturated rings. The van der Waals surface area contributed by atoms with Crippen molar-refractivity contribution in [3.05, 3.63) is 17.8 Å². The fourth-order valence-electron chi connectivity index (χ4n) is 1.96. The van der Waals surface area contributed by atoms with Crippen LogP contribution in [-0.4, -0.2) is 57.8 Å². The van der Waals surface area contributed by atoms with Gasteiger partial charge in [-0.15, -0.1) is 0 Å². The number of rotatable bonds is 1. The van der Waals surface area contributed by atoms with Gasteiger partial charge in [0.2, 0.25) is 5.28 Å². The summed E-state index contributed by atoms with van der Waals surface area (Å²) in [5.41, 5.74) is 0.772. The molecule has 3 heterocycles. The van der Waals surface area contributed by atoms with Crippen molar-refractivity contribution in [1.29, 1.82) is 0 Å². The molecule has 0 unspecified atom stereocenters. The Labute approximate surface area is 104 Å². The first-order valence-corrected chi connectivity index (χ1v) is 5.91. The second kappa shape index (κ2) is 4.12. The molecule has 0 aliphatic carbocycles. The van der Waals surface area contributed by atoms with Gasteiger partial charge in [-0.2, -0.15) is 4.98 Å².